The lowest BCUT2D eigenvalue weighted by Gasteiger charge is -2.33. The van der Waals surface area contributed by atoms with Crippen LogP contribution in [0.4, 0.5) is 0 Å². The molecule has 0 aromatic heterocycles. The maximum Gasteiger partial charge on any atom is 0.163 e. The van der Waals surface area contributed by atoms with E-state index in [1.807, 2.05) is 33.8 Å². The molecule has 4 rings (SSSR count). The molecule has 0 radical (unpaired) electrons. The molecular formula is C19H27NO4. The van der Waals surface area contributed by atoms with Crippen molar-refractivity contribution in [2.24, 2.45) is 0 Å². The molecule has 5 nitrogen and oxygen atoms in total. The Bertz CT molecular complexity index is 588. The molecule has 24 heavy (non-hydrogen) atoms. The first kappa shape index (κ1) is 16.5. The fourth-order valence-electron chi connectivity index (χ4n) is 4.17. The standard InChI is InChI=1S/C19H27NO4/c1-18(2)21-12-15(23-18)16-17-14(22-19(3,4)24-17)11-20(16)10-13-8-6-5-7-9-13/h5-9,14-17H,10-12H2,1-4H3/t14-,15-,16-,17-/m1/s1. The number of benzene rings is 1. The zero-order chi connectivity index (χ0) is 16.9. The number of hydrogen-bond acceptors (Lipinski definition) is 5. The first-order valence-electron chi connectivity index (χ1n) is 8.78. The molecule has 132 valence electrons. The second-order valence-corrected chi connectivity index (χ2v) is 7.91. The van der Waals surface area contributed by atoms with Crippen LogP contribution < -0.4 is 0 Å². The molecule has 1 aromatic rings. The van der Waals surface area contributed by atoms with Crippen molar-refractivity contribution in [1.29, 1.82) is 0 Å². The van der Waals surface area contributed by atoms with E-state index >= 15 is 0 Å². The van der Waals surface area contributed by atoms with Crippen molar-refractivity contribution in [2.45, 2.75) is 70.2 Å². The molecule has 5 heteroatoms. The third kappa shape index (κ3) is 3.11. The summed E-state index contributed by atoms with van der Waals surface area (Å²) in [5, 5.41) is 0. The van der Waals surface area contributed by atoms with E-state index in [4.69, 9.17) is 18.9 Å². The largest absolute Gasteiger partial charge is 0.348 e. The van der Waals surface area contributed by atoms with E-state index in [0.717, 1.165) is 13.1 Å². The van der Waals surface area contributed by atoms with E-state index in [2.05, 4.69) is 29.2 Å². The predicted octanol–water partition coefficient (Wildman–Crippen LogP) is 2.54. The van der Waals surface area contributed by atoms with Gasteiger partial charge in [-0.25, -0.2) is 0 Å². The van der Waals surface area contributed by atoms with Crippen molar-refractivity contribution in [3.8, 4) is 0 Å². The van der Waals surface area contributed by atoms with Crippen LogP contribution in [0.25, 0.3) is 0 Å². The molecule has 0 unspecified atom stereocenters. The number of fused-ring (bicyclic) bond motifs is 1. The molecule has 3 saturated heterocycles. The van der Waals surface area contributed by atoms with Crippen molar-refractivity contribution in [3.63, 3.8) is 0 Å². The van der Waals surface area contributed by atoms with E-state index in [1.165, 1.54) is 5.56 Å². The van der Waals surface area contributed by atoms with Crippen LogP contribution in [-0.2, 0) is 25.5 Å². The molecule has 3 heterocycles. The molecule has 0 amide bonds. The van der Waals surface area contributed by atoms with Crippen molar-refractivity contribution in [1.82, 2.24) is 4.90 Å². The third-order valence-electron chi connectivity index (χ3n) is 5.03. The fraction of sp³-hybridized carbons (Fsp3) is 0.684. The number of likely N-dealkylation sites (tertiary alicyclic amines) is 1. The summed E-state index contributed by atoms with van der Waals surface area (Å²) in [5.74, 6) is -1.06. The SMILES string of the molecule is CC1(C)O[C@H]2[C@@H]([C@H]3COC(C)(C)O3)N(Cc3ccccc3)C[C@H]2O1. The van der Waals surface area contributed by atoms with Crippen molar-refractivity contribution < 1.29 is 18.9 Å². The smallest absolute Gasteiger partial charge is 0.163 e. The van der Waals surface area contributed by atoms with E-state index in [-0.39, 0.29) is 24.4 Å². The van der Waals surface area contributed by atoms with Crippen LogP contribution in [-0.4, -0.2) is 54.0 Å². The fourth-order valence-corrected chi connectivity index (χ4v) is 4.17. The minimum absolute atomic E-state index is 0.00351. The molecule has 4 atom stereocenters. The van der Waals surface area contributed by atoms with Gasteiger partial charge in [-0.2, -0.15) is 0 Å². The zero-order valence-electron chi connectivity index (χ0n) is 14.9. The second kappa shape index (κ2) is 5.78. The van der Waals surface area contributed by atoms with Gasteiger partial charge in [0.1, 0.15) is 18.3 Å². The summed E-state index contributed by atoms with van der Waals surface area (Å²) < 4.78 is 24.4. The van der Waals surface area contributed by atoms with Crippen molar-refractivity contribution in [2.75, 3.05) is 13.2 Å². The Hall–Kier alpha value is -0.980. The van der Waals surface area contributed by atoms with Gasteiger partial charge in [0.2, 0.25) is 0 Å². The monoisotopic (exact) mass is 333 g/mol. The Morgan fingerprint density at radius 3 is 2.33 bits per heavy atom. The minimum Gasteiger partial charge on any atom is -0.348 e. The van der Waals surface area contributed by atoms with Crippen LogP contribution in [0.15, 0.2) is 30.3 Å². The number of ether oxygens (including phenoxy) is 4. The van der Waals surface area contributed by atoms with Crippen LogP contribution in [0.1, 0.15) is 33.3 Å². The summed E-state index contributed by atoms with van der Waals surface area (Å²) in [5.41, 5.74) is 1.29. The van der Waals surface area contributed by atoms with Crippen LogP contribution in [0.3, 0.4) is 0 Å². The Morgan fingerprint density at radius 2 is 1.67 bits per heavy atom. The molecule has 0 aliphatic carbocycles. The number of hydrogen-bond donors (Lipinski definition) is 0. The molecule has 0 bridgehead atoms. The summed E-state index contributed by atoms with van der Waals surface area (Å²) in [6.07, 6.45) is 0.100. The van der Waals surface area contributed by atoms with Gasteiger partial charge in [0, 0.05) is 13.1 Å². The van der Waals surface area contributed by atoms with Gasteiger partial charge >= 0.3 is 0 Å². The van der Waals surface area contributed by atoms with E-state index < -0.39 is 11.6 Å². The van der Waals surface area contributed by atoms with E-state index in [1.54, 1.807) is 0 Å². The maximum atomic E-state index is 6.23. The molecule has 0 N–H and O–H groups in total. The van der Waals surface area contributed by atoms with Crippen LogP contribution in [0, 0.1) is 0 Å². The summed E-state index contributed by atoms with van der Waals surface area (Å²) in [7, 11) is 0. The zero-order valence-corrected chi connectivity index (χ0v) is 14.9. The molecule has 0 spiro atoms. The Morgan fingerprint density at radius 1 is 0.958 bits per heavy atom. The number of rotatable bonds is 3. The van der Waals surface area contributed by atoms with Gasteiger partial charge in [0.05, 0.1) is 12.6 Å². The third-order valence-corrected chi connectivity index (χ3v) is 5.03. The highest BCUT2D eigenvalue weighted by molar-refractivity contribution is 5.16. The lowest BCUT2D eigenvalue weighted by Crippen LogP contribution is -2.47. The number of nitrogens with zero attached hydrogens (tertiary/aromatic N) is 1. The van der Waals surface area contributed by atoms with Gasteiger partial charge in [-0.15, -0.1) is 0 Å². The normalized spacial score (nSPS) is 37.7. The molecular weight excluding hydrogens is 306 g/mol. The van der Waals surface area contributed by atoms with Crippen LogP contribution in [0.2, 0.25) is 0 Å². The molecule has 1 aromatic carbocycles. The maximum absolute atomic E-state index is 6.23. The highest BCUT2D eigenvalue weighted by Crippen LogP contribution is 2.41. The average Bonchev–Trinajstić information content (AvgIpc) is 3.09. The van der Waals surface area contributed by atoms with Crippen molar-refractivity contribution >= 4 is 0 Å². The van der Waals surface area contributed by atoms with Gasteiger partial charge < -0.3 is 18.9 Å². The van der Waals surface area contributed by atoms with E-state index in [0.29, 0.717) is 6.61 Å². The molecule has 3 aliphatic heterocycles. The highest BCUT2D eigenvalue weighted by Gasteiger charge is 2.56. The van der Waals surface area contributed by atoms with Crippen LogP contribution >= 0.6 is 0 Å². The Labute approximate surface area is 143 Å². The second-order valence-electron chi connectivity index (χ2n) is 7.91. The van der Waals surface area contributed by atoms with Gasteiger partial charge in [-0.3, -0.25) is 4.90 Å². The molecule has 0 saturated carbocycles. The summed E-state index contributed by atoms with van der Waals surface area (Å²) in [4.78, 5) is 2.43. The summed E-state index contributed by atoms with van der Waals surface area (Å²) >= 11 is 0. The summed E-state index contributed by atoms with van der Waals surface area (Å²) in [6, 6.07) is 10.7. The molecule has 3 aliphatic rings. The lowest BCUT2D eigenvalue weighted by molar-refractivity contribution is -0.177. The van der Waals surface area contributed by atoms with Gasteiger partial charge in [0.25, 0.3) is 0 Å². The van der Waals surface area contributed by atoms with E-state index in [9.17, 15) is 0 Å². The average molecular weight is 333 g/mol. The lowest BCUT2D eigenvalue weighted by atomic mass is 10.0. The Kier molecular flexibility index (Phi) is 3.97. The van der Waals surface area contributed by atoms with Gasteiger partial charge in [-0.05, 0) is 33.3 Å². The van der Waals surface area contributed by atoms with Crippen molar-refractivity contribution in [3.05, 3.63) is 35.9 Å². The molecule has 3 fully saturated rings. The van der Waals surface area contributed by atoms with Gasteiger partial charge in [-0.1, -0.05) is 30.3 Å². The highest BCUT2D eigenvalue weighted by atomic mass is 16.8. The van der Waals surface area contributed by atoms with Crippen LogP contribution in [0.5, 0.6) is 0 Å². The minimum atomic E-state index is -0.532. The quantitative estimate of drug-likeness (QED) is 0.850. The first-order chi connectivity index (χ1) is 11.3. The van der Waals surface area contributed by atoms with Gasteiger partial charge in [0.15, 0.2) is 11.6 Å². The summed E-state index contributed by atoms with van der Waals surface area (Å²) in [6.45, 7) is 10.2. The topological polar surface area (TPSA) is 40.2 Å². The Balaban J connectivity index is 1.57. The predicted molar refractivity (Wildman–Crippen MR) is 89.4 cm³/mol. The first-order valence-corrected chi connectivity index (χ1v) is 8.78.